The van der Waals surface area contributed by atoms with Crippen LogP contribution in [0.4, 0.5) is 0 Å². The number of hydrogen-bond donors (Lipinski definition) is 2. The molecule has 0 aliphatic heterocycles. The smallest absolute Gasteiger partial charge is 0.172 e. The highest BCUT2D eigenvalue weighted by Gasteiger charge is 2.07. The number of rotatable bonds is 2. The monoisotopic (exact) mass is 232 g/mol. The second-order valence-corrected chi connectivity index (χ2v) is 3.06. The van der Waals surface area contributed by atoms with Gasteiger partial charge in [-0.1, -0.05) is 0 Å². The Morgan fingerprint density at radius 2 is 2.08 bits per heavy atom. The summed E-state index contributed by atoms with van der Waals surface area (Å²) in [6.45, 7) is 2.25. The van der Waals surface area contributed by atoms with Crippen molar-refractivity contribution in [3.05, 3.63) is 16.6 Å². The molecule has 66 valence electrons. The van der Waals surface area contributed by atoms with E-state index in [-0.39, 0.29) is 17.2 Å². The largest absolute Gasteiger partial charge is 0.508 e. The molecule has 0 unspecified atom stereocenters. The maximum atomic E-state index is 9.37. The Morgan fingerprint density at radius 3 is 2.67 bits per heavy atom. The molecule has 0 radical (unpaired) electrons. The van der Waals surface area contributed by atoms with Crippen molar-refractivity contribution in [2.45, 2.75) is 6.92 Å². The van der Waals surface area contributed by atoms with E-state index in [0.29, 0.717) is 11.1 Å². The van der Waals surface area contributed by atoms with Crippen molar-refractivity contribution >= 4 is 15.9 Å². The first-order valence-corrected chi connectivity index (χ1v) is 4.28. The fourth-order valence-electron chi connectivity index (χ4n) is 0.826. The second-order valence-electron chi connectivity index (χ2n) is 2.21. The van der Waals surface area contributed by atoms with Crippen molar-refractivity contribution in [3.63, 3.8) is 0 Å². The molecule has 0 aromatic heterocycles. The summed E-state index contributed by atoms with van der Waals surface area (Å²) in [5, 5.41) is 18.5. The molecule has 0 bridgehead atoms. The van der Waals surface area contributed by atoms with Crippen molar-refractivity contribution < 1.29 is 14.9 Å². The predicted molar refractivity (Wildman–Crippen MR) is 48.6 cm³/mol. The molecule has 0 spiro atoms. The van der Waals surface area contributed by atoms with Gasteiger partial charge in [0.05, 0.1) is 11.1 Å². The summed E-state index contributed by atoms with van der Waals surface area (Å²) in [5.74, 6) is 0.349. The van der Waals surface area contributed by atoms with Crippen LogP contribution in [0.25, 0.3) is 0 Å². The Bertz CT molecular complexity index is 286. The van der Waals surface area contributed by atoms with E-state index >= 15 is 0 Å². The van der Waals surface area contributed by atoms with Crippen LogP contribution in [0.5, 0.6) is 17.2 Å². The Kier molecular flexibility index (Phi) is 2.81. The highest BCUT2D eigenvalue weighted by atomic mass is 79.9. The van der Waals surface area contributed by atoms with E-state index in [1.54, 1.807) is 6.92 Å². The molecule has 0 aliphatic rings. The van der Waals surface area contributed by atoms with E-state index in [1.807, 2.05) is 0 Å². The van der Waals surface area contributed by atoms with Crippen LogP contribution in [0, 0.1) is 0 Å². The van der Waals surface area contributed by atoms with Crippen LogP contribution in [0.2, 0.25) is 0 Å². The van der Waals surface area contributed by atoms with E-state index in [9.17, 15) is 5.11 Å². The fourth-order valence-corrected chi connectivity index (χ4v) is 1.26. The van der Waals surface area contributed by atoms with Gasteiger partial charge in [0.2, 0.25) is 0 Å². The number of benzene rings is 1. The lowest BCUT2D eigenvalue weighted by molar-refractivity contribution is 0.314. The summed E-state index contributed by atoms with van der Waals surface area (Å²) >= 11 is 3.08. The van der Waals surface area contributed by atoms with Crippen LogP contribution >= 0.6 is 15.9 Å². The van der Waals surface area contributed by atoms with Crippen LogP contribution in [0.3, 0.4) is 0 Å². The highest BCUT2D eigenvalue weighted by molar-refractivity contribution is 9.10. The molecule has 0 heterocycles. The van der Waals surface area contributed by atoms with Crippen molar-refractivity contribution in [1.29, 1.82) is 0 Å². The maximum Gasteiger partial charge on any atom is 0.172 e. The highest BCUT2D eigenvalue weighted by Crippen LogP contribution is 2.37. The van der Waals surface area contributed by atoms with Gasteiger partial charge in [0.1, 0.15) is 5.75 Å². The van der Waals surface area contributed by atoms with E-state index < -0.39 is 0 Å². The molecule has 1 rings (SSSR count). The van der Waals surface area contributed by atoms with Crippen molar-refractivity contribution in [2.24, 2.45) is 0 Å². The lowest BCUT2D eigenvalue weighted by Gasteiger charge is -2.07. The van der Waals surface area contributed by atoms with Crippen LogP contribution in [0.15, 0.2) is 16.6 Å². The minimum atomic E-state index is 0.00894. The summed E-state index contributed by atoms with van der Waals surface area (Å²) in [5.41, 5.74) is 0. The lowest BCUT2D eigenvalue weighted by Crippen LogP contribution is -1.91. The zero-order valence-electron chi connectivity index (χ0n) is 6.54. The standard InChI is InChI=1S/C8H9BrO3/c1-2-12-7-4-5(10)3-6(9)8(7)11/h3-4,10-11H,2H2,1H3. The minimum absolute atomic E-state index is 0.00894. The van der Waals surface area contributed by atoms with Gasteiger partial charge in [-0.15, -0.1) is 0 Å². The van der Waals surface area contributed by atoms with Gasteiger partial charge >= 0.3 is 0 Å². The van der Waals surface area contributed by atoms with Crippen molar-refractivity contribution in [1.82, 2.24) is 0 Å². The molecule has 0 amide bonds. The average Bonchev–Trinajstić information content (AvgIpc) is 2.00. The van der Waals surface area contributed by atoms with Gasteiger partial charge in [0.25, 0.3) is 0 Å². The van der Waals surface area contributed by atoms with Crippen LogP contribution in [-0.4, -0.2) is 16.8 Å². The first kappa shape index (κ1) is 9.19. The number of hydrogen-bond acceptors (Lipinski definition) is 3. The molecule has 3 nitrogen and oxygen atoms in total. The number of ether oxygens (including phenoxy) is 1. The third kappa shape index (κ3) is 1.82. The Balaban J connectivity index is 3.09. The second kappa shape index (κ2) is 3.67. The third-order valence-electron chi connectivity index (χ3n) is 1.31. The molecule has 0 saturated carbocycles. The van der Waals surface area contributed by atoms with Gasteiger partial charge in [-0.2, -0.15) is 0 Å². The predicted octanol–water partition coefficient (Wildman–Crippen LogP) is 2.26. The molecule has 12 heavy (non-hydrogen) atoms. The summed E-state index contributed by atoms with van der Waals surface area (Å²) < 4.78 is 5.48. The third-order valence-corrected chi connectivity index (χ3v) is 1.92. The van der Waals surface area contributed by atoms with E-state index in [0.717, 1.165) is 0 Å². The Hall–Kier alpha value is -0.900. The zero-order valence-corrected chi connectivity index (χ0v) is 8.13. The molecule has 0 fully saturated rings. The topological polar surface area (TPSA) is 49.7 Å². The number of aromatic hydroxyl groups is 2. The first-order valence-electron chi connectivity index (χ1n) is 3.49. The van der Waals surface area contributed by atoms with Gasteiger partial charge in [-0.05, 0) is 28.9 Å². The average molecular weight is 233 g/mol. The number of phenols is 2. The molecule has 1 aromatic carbocycles. The molecule has 4 heteroatoms. The molecular formula is C8H9BrO3. The lowest BCUT2D eigenvalue weighted by atomic mass is 10.3. The normalized spacial score (nSPS) is 9.83. The van der Waals surface area contributed by atoms with E-state index in [2.05, 4.69) is 15.9 Å². The SMILES string of the molecule is CCOc1cc(O)cc(Br)c1O. The van der Waals surface area contributed by atoms with Gasteiger partial charge in [0, 0.05) is 6.07 Å². The summed E-state index contributed by atoms with van der Waals surface area (Å²) in [6.07, 6.45) is 0. The summed E-state index contributed by atoms with van der Waals surface area (Å²) in [4.78, 5) is 0. The van der Waals surface area contributed by atoms with Gasteiger partial charge in [-0.3, -0.25) is 0 Å². The molecule has 0 saturated heterocycles. The van der Waals surface area contributed by atoms with Gasteiger partial charge in [0.15, 0.2) is 11.5 Å². The summed E-state index contributed by atoms with van der Waals surface area (Å²) in [6, 6.07) is 2.77. The zero-order chi connectivity index (χ0) is 9.14. The van der Waals surface area contributed by atoms with Gasteiger partial charge < -0.3 is 14.9 Å². The molecule has 1 aromatic rings. The molecule has 0 atom stereocenters. The minimum Gasteiger partial charge on any atom is -0.508 e. The van der Waals surface area contributed by atoms with E-state index in [4.69, 9.17) is 9.84 Å². The van der Waals surface area contributed by atoms with Gasteiger partial charge in [-0.25, -0.2) is 0 Å². The Morgan fingerprint density at radius 1 is 1.42 bits per heavy atom. The quantitative estimate of drug-likeness (QED) is 0.770. The number of phenolic OH excluding ortho intramolecular Hbond substituents is 2. The summed E-state index contributed by atoms with van der Waals surface area (Å²) in [7, 11) is 0. The van der Waals surface area contributed by atoms with Crippen molar-refractivity contribution in [3.8, 4) is 17.2 Å². The van der Waals surface area contributed by atoms with Crippen LogP contribution < -0.4 is 4.74 Å². The van der Waals surface area contributed by atoms with Crippen LogP contribution in [-0.2, 0) is 0 Å². The fraction of sp³-hybridized carbons (Fsp3) is 0.250. The molecule has 2 N–H and O–H groups in total. The first-order chi connectivity index (χ1) is 5.65. The van der Waals surface area contributed by atoms with Crippen LogP contribution in [0.1, 0.15) is 6.92 Å². The molecular weight excluding hydrogens is 224 g/mol. The maximum absolute atomic E-state index is 9.37. The number of halogens is 1. The van der Waals surface area contributed by atoms with Crippen molar-refractivity contribution in [2.75, 3.05) is 6.61 Å². The van der Waals surface area contributed by atoms with E-state index in [1.165, 1.54) is 12.1 Å². The Labute approximate surface area is 78.7 Å². The molecule has 0 aliphatic carbocycles.